The summed E-state index contributed by atoms with van der Waals surface area (Å²) in [5, 5.41) is 0. The molecule has 4 heteroatoms. The van der Waals surface area contributed by atoms with Crippen molar-refractivity contribution >= 4 is 0 Å². The van der Waals surface area contributed by atoms with Crippen LogP contribution in [0.15, 0.2) is 49.1 Å². The fraction of sp³-hybridized carbons (Fsp3) is 0.308. The average Bonchev–Trinajstić information content (AvgIpc) is 2.75. The van der Waals surface area contributed by atoms with Gasteiger partial charge in [0.1, 0.15) is 18.9 Å². The van der Waals surface area contributed by atoms with E-state index in [0.717, 1.165) is 26.1 Å². The Morgan fingerprint density at radius 3 is 2.65 bits per heavy atom. The van der Waals surface area contributed by atoms with Gasteiger partial charge in [-0.25, -0.2) is 9.13 Å². The second-order valence-electron chi connectivity index (χ2n) is 3.95. The predicted octanol–water partition coefficient (Wildman–Crippen LogP) is -1.82. The minimum Gasteiger partial charge on any atom is -1.00 e. The second-order valence-corrected chi connectivity index (χ2v) is 3.95. The summed E-state index contributed by atoms with van der Waals surface area (Å²) in [7, 11) is 0. The Morgan fingerprint density at radius 2 is 1.94 bits per heavy atom. The number of halogens is 1. The number of nitrogens with two attached hydrogens (primary N) is 1. The van der Waals surface area contributed by atoms with Crippen LogP contribution in [0.5, 0.6) is 0 Å². The van der Waals surface area contributed by atoms with Gasteiger partial charge in [-0.3, -0.25) is 0 Å². The summed E-state index contributed by atoms with van der Waals surface area (Å²) in [5.41, 5.74) is 6.81. The van der Waals surface area contributed by atoms with Crippen molar-refractivity contribution in [3.63, 3.8) is 0 Å². The molecule has 0 aliphatic carbocycles. The van der Waals surface area contributed by atoms with Gasteiger partial charge in [0.05, 0.1) is 6.54 Å². The Kier molecular flexibility index (Phi) is 5.94. The summed E-state index contributed by atoms with van der Waals surface area (Å²) in [4.78, 5) is 0. The lowest BCUT2D eigenvalue weighted by molar-refractivity contribution is -0.687. The number of nitrogens with zero attached hydrogens (tertiary/aromatic N) is 2. The lowest BCUT2D eigenvalue weighted by atomic mass is 10.2. The quantitative estimate of drug-likeness (QED) is 0.648. The number of aromatic nitrogens is 2. The number of benzene rings is 1. The van der Waals surface area contributed by atoms with Crippen molar-refractivity contribution in [1.82, 2.24) is 4.57 Å². The van der Waals surface area contributed by atoms with E-state index in [1.807, 2.05) is 6.07 Å². The summed E-state index contributed by atoms with van der Waals surface area (Å²) in [5.74, 6) is 0. The number of aryl methyl sites for hydroxylation is 1. The Hall–Kier alpha value is -1.13. The van der Waals surface area contributed by atoms with E-state index in [2.05, 4.69) is 52.1 Å². The SMILES string of the molecule is NCCCn1cc[n+](Cc2ccccc2)c1.[Br-]. The lowest BCUT2D eigenvalue weighted by Crippen LogP contribution is -3.00. The molecule has 0 atom stereocenters. The van der Waals surface area contributed by atoms with Crippen LogP contribution in [0.25, 0.3) is 0 Å². The summed E-state index contributed by atoms with van der Waals surface area (Å²) >= 11 is 0. The van der Waals surface area contributed by atoms with Crippen LogP contribution in [0.2, 0.25) is 0 Å². The Morgan fingerprint density at radius 1 is 1.18 bits per heavy atom. The first-order valence-electron chi connectivity index (χ1n) is 5.67. The van der Waals surface area contributed by atoms with Crippen molar-refractivity contribution in [2.75, 3.05) is 6.54 Å². The normalized spacial score (nSPS) is 9.94. The van der Waals surface area contributed by atoms with Crippen molar-refractivity contribution in [2.45, 2.75) is 19.5 Å². The molecule has 0 amide bonds. The fourth-order valence-corrected chi connectivity index (χ4v) is 1.73. The minimum absolute atomic E-state index is 0. The smallest absolute Gasteiger partial charge is 0.244 e. The molecule has 17 heavy (non-hydrogen) atoms. The van der Waals surface area contributed by atoms with Gasteiger partial charge in [-0.15, -0.1) is 0 Å². The first kappa shape index (κ1) is 13.9. The molecule has 2 aromatic rings. The van der Waals surface area contributed by atoms with Crippen molar-refractivity contribution in [2.24, 2.45) is 5.73 Å². The van der Waals surface area contributed by atoms with Gasteiger partial charge < -0.3 is 22.7 Å². The molecule has 1 heterocycles. The standard InChI is InChI=1S/C13H18N3.BrH/c14-7-4-8-15-9-10-16(12-15)11-13-5-2-1-3-6-13;/h1-3,5-6,9-10,12H,4,7-8,11,14H2;1H/q+1;/p-1. The molecule has 0 saturated heterocycles. The third kappa shape index (κ3) is 4.32. The zero-order chi connectivity index (χ0) is 11.2. The van der Waals surface area contributed by atoms with Gasteiger partial charge in [-0.05, 0) is 18.5 Å². The van der Waals surface area contributed by atoms with Crippen LogP contribution in [0, 0.1) is 0 Å². The molecule has 1 aromatic heterocycles. The summed E-state index contributed by atoms with van der Waals surface area (Å²) in [6.07, 6.45) is 7.35. The molecule has 0 bridgehead atoms. The maximum Gasteiger partial charge on any atom is 0.244 e. The molecular formula is C13H18BrN3. The van der Waals surface area contributed by atoms with Gasteiger partial charge >= 0.3 is 0 Å². The van der Waals surface area contributed by atoms with Crippen molar-refractivity contribution < 1.29 is 21.5 Å². The van der Waals surface area contributed by atoms with E-state index in [-0.39, 0.29) is 17.0 Å². The van der Waals surface area contributed by atoms with E-state index in [4.69, 9.17) is 5.73 Å². The molecule has 0 spiro atoms. The first-order valence-corrected chi connectivity index (χ1v) is 5.67. The molecule has 2 rings (SSSR count). The fourth-order valence-electron chi connectivity index (χ4n) is 1.73. The summed E-state index contributed by atoms with van der Waals surface area (Å²) in [6, 6.07) is 10.5. The highest BCUT2D eigenvalue weighted by Gasteiger charge is 2.03. The molecule has 0 aliphatic heterocycles. The topological polar surface area (TPSA) is 34.8 Å². The third-order valence-corrected chi connectivity index (χ3v) is 2.57. The lowest BCUT2D eigenvalue weighted by Gasteiger charge is -1.96. The highest BCUT2D eigenvalue weighted by atomic mass is 79.9. The molecule has 1 aromatic carbocycles. The molecule has 0 radical (unpaired) electrons. The van der Waals surface area contributed by atoms with Crippen molar-refractivity contribution in [1.29, 1.82) is 0 Å². The second kappa shape index (κ2) is 7.25. The highest BCUT2D eigenvalue weighted by molar-refractivity contribution is 5.13. The van der Waals surface area contributed by atoms with Crippen LogP contribution in [0.4, 0.5) is 0 Å². The van der Waals surface area contributed by atoms with E-state index in [1.54, 1.807) is 0 Å². The zero-order valence-electron chi connectivity index (χ0n) is 9.80. The van der Waals surface area contributed by atoms with Crippen LogP contribution < -0.4 is 27.3 Å². The van der Waals surface area contributed by atoms with E-state index in [0.29, 0.717) is 0 Å². The Bertz CT molecular complexity index is 425. The van der Waals surface area contributed by atoms with Crippen LogP contribution in [-0.4, -0.2) is 11.1 Å². The van der Waals surface area contributed by atoms with Gasteiger partial charge in [0, 0.05) is 0 Å². The van der Waals surface area contributed by atoms with Crippen molar-refractivity contribution in [3.05, 3.63) is 54.6 Å². The molecule has 0 saturated carbocycles. The van der Waals surface area contributed by atoms with E-state index in [9.17, 15) is 0 Å². The van der Waals surface area contributed by atoms with Gasteiger partial charge in [0.25, 0.3) is 0 Å². The summed E-state index contributed by atoms with van der Waals surface area (Å²) in [6.45, 7) is 2.67. The monoisotopic (exact) mass is 295 g/mol. The number of hydrogen-bond acceptors (Lipinski definition) is 1. The Balaban J connectivity index is 0.00000144. The molecular weight excluding hydrogens is 278 g/mol. The average molecular weight is 296 g/mol. The first-order chi connectivity index (χ1) is 7.88. The predicted molar refractivity (Wildman–Crippen MR) is 63.8 cm³/mol. The maximum absolute atomic E-state index is 5.49. The van der Waals surface area contributed by atoms with Gasteiger partial charge in [0.15, 0.2) is 0 Å². The van der Waals surface area contributed by atoms with E-state index >= 15 is 0 Å². The van der Waals surface area contributed by atoms with Crippen LogP contribution in [0.1, 0.15) is 12.0 Å². The van der Waals surface area contributed by atoms with Gasteiger partial charge in [0.2, 0.25) is 6.33 Å². The maximum atomic E-state index is 5.49. The number of imidazole rings is 1. The van der Waals surface area contributed by atoms with E-state index in [1.165, 1.54) is 5.56 Å². The zero-order valence-corrected chi connectivity index (χ0v) is 11.4. The van der Waals surface area contributed by atoms with Crippen LogP contribution in [0.3, 0.4) is 0 Å². The minimum atomic E-state index is 0. The number of hydrogen-bond donors (Lipinski definition) is 1. The van der Waals surface area contributed by atoms with E-state index < -0.39 is 0 Å². The van der Waals surface area contributed by atoms with Crippen molar-refractivity contribution in [3.8, 4) is 0 Å². The largest absolute Gasteiger partial charge is 1.00 e. The Labute approximate surface area is 113 Å². The highest BCUT2D eigenvalue weighted by Crippen LogP contribution is 1.97. The molecule has 0 fully saturated rings. The molecule has 92 valence electrons. The van der Waals surface area contributed by atoms with Gasteiger partial charge in [-0.1, -0.05) is 30.3 Å². The van der Waals surface area contributed by atoms with Crippen LogP contribution >= 0.6 is 0 Å². The van der Waals surface area contributed by atoms with Crippen LogP contribution in [-0.2, 0) is 13.1 Å². The van der Waals surface area contributed by atoms with Gasteiger partial charge in [-0.2, -0.15) is 0 Å². The molecule has 0 aliphatic rings. The molecule has 3 nitrogen and oxygen atoms in total. The summed E-state index contributed by atoms with van der Waals surface area (Å²) < 4.78 is 4.36. The molecule has 2 N–H and O–H groups in total. The molecule has 0 unspecified atom stereocenters. The third-order valence-electron chi connectivity index (χ3n) is 2.57. The number of rotatable bonds is 5.